The standard InChI is InChI=1S/C24H27NO5S/c1-17-10-13-20(14-11-17)31(26,27)25(18(2)21-8-6-7-9-22(21)28-3)19-12-15-23(29-4)24(16-19)30-5/h6-16,18H,1-5H3. The van der Waals surface area contributed by atoms with Crippen molar-refractivity contribution in [2.45, 2.75) is 24.8 Å². The maximum absolute atomic E-state index is 13.8. The molecule has 0 saturated heterocycles. The number of hydrogen-bond acceptors (Lipinski definition) is 5. The molecule has 0 N–H and O–H groups in total. The van der Waals surface area contributed by atoms with E-state index in [1.54, 1.807) is 49.6 Å². The molecule has 0 aliphatic heterocycles. The van der Waals surface area contributed by atoms with Crippen molar-refractivity contribution in [3.63, 3.8) is 0 Å². The van der Waals surface area contributed by atoms with Crippen molar-refractivity contribution in [2.24, 2.45) is 0 Å². The number of hydrogen-bond donors (Lipinski definition) is 0. The van der Waals surface area contributed by atoms with Crippen LogP contribution < -0.4 is 18.5 Å². The average molecular weight is 442 g/mol. The number of aryl methyl sites for hydroxylation is 1. The Morgan fingerprint density at radius 3 is 2.00 bits per heavy atom. The van der Waals surface area contributed by atoms with Gasteiger partial charge in [0, 0.05) is 11.6 Å². The van der Waals surface area contributed by atoms with Crippen LogP contribution in [0.2, 0.25) is 0 Å². The number of anilines is 1. The van der Waals surface area contributed by atoms with Gasteiger partial charge in [-0.25, -0.2) is 8.42 Å². The summed E-state index contributed by atoms with van der Waals surface area (Å²) in [6, 6.07) is 18.7. The number of sulfonamides is 1. The number of benzene rings is 3. The molecule has 3 rings (SSSR count). The lowest BCUT2D eigenvalue weighted by atomic mass is 10.1. The number of methoxy groups -OCH3 is 3. The summed E-state index contributed by atoms with van der Waals surface area (Å²) < 4.78 is 45.3. The highest BCUT2D eigenvalue weighted by Gasteiger charge is 2.32. The predicted octanol–water partition coefficient (Wildman–Crippen LogP) is 4.98. The molecule has 0 saturated carbocycles. The lowest BCUT2D eigenvalue weighted by Crippen LogP contribution is -2.34. The van der Waals surface area contributed by atoms with Gasteiger partial charge in [-0.1, -0.05) is 35.9 Å². The van der Waals surface area contributed by atoms with E-state index in [-0.39, 0.29) is 4.90 Å². The van der Waals surface area contributed by atoms with Crippen LogP contribution in [-0.2, 0) is 10.0 Å². The average Bonchev–Trinajstić information content (AvgIpc) is 2.79. The molecule has 0 amide bonds. The van der Waals surface area contributed by atoms with Crippen LogP contribution >= 0.6 is 0 Å². The summed E-state index contributed by atoms with van der Waals surface area (Å²) in [7, 11) is 0.719. The Kier molecular flexibility index (Phi) is 6.75. The van der Waals surface area contributed by atoms with Crippen LogP contribution in [0.3, 0.4) is 0 Å². The van der Waals surface area contributed by atoms with Crippen molar-refractivity contribution in [2.75, 3.05) is 25.6 Å². The van der Waals surface area contributed by atoms with E-state index in [0.717, 1.165) is 11.1 Å². The van der Waals surface area contributed by atoms with E-state index >= 15 is 0 Å². The first-order chi connectivity index (χ1) is 14.8. The van der Waals surface area contributed by atoms with E-state index in [1.165, 1.54) is 18.5 Å². The van der Waals surface area contributed by atoms with Gasteiger partial charge in [-0.05, 0) is 44.2 Å². The van der Waals surface area contributed by atoms with Crippen LogP contribution in [0.1, 0.15) is 24.1 Å². The molecule has 3 aromatic carbocycles. The van der Waals surface area contributed by atoms with Gasteiger partial charge in [-0.2, -0.15) is 0 Å². The van der Waals surface area contributed by atoms with Gasteiger partial charge in [-0.3, -0.25) is 4.31 Å². The third-order valence-electron chi connectivity index (χ3n) is 5.14. The normalized spacial score (nSPS) is 12.2. The second-order valence-electron chi connectivity index (χ2n) is 7.07. The van der Waals surface area contributed by atoms with E-state index in [1.807, 2.05) is 38.1 Å². The Bertz CT molecular complexity index is 1140. The molecule has 0 aliphatic rings. The lowest BCUT2D eigenvalue weighted by Gasteiger charge is -2.32. The maximum atomic E-state index is 13.8. The highest BCUT2D eigenvalue weighted by atomic mass is 32.2. The Labute approximate surface area is 184 Å². The van der Waals surface area contributed by atoms with Gasteiger partial charge in [0.15, 0.2) is 11.5 Å². The fourth-order valence-corrected chi connectivity index (χ4v) is 5.12. The zero-order valence-electron chi connectivity index (χ0n) is 18.3. The van der Waals surface area contributed by atoms with Gasteiger partial charge in [0.1, 0.15) is 5.75 Å². The van der Waals surface area contributed by atoms with E-state index in [2.05, 4.69) is 0 Å². The van der Waals surface area contributed by atoms with Crippen molar-refractivity contribution >= 4 is 15.7 Å². The molecule has 31 heavy (non-hydrogen) atoms. The van der Waals surface area contributed by atoms with Crippen molar-refractivity contribution in [1.29, 1.82) is 0 Å². The summed E-state index contributed by atoms with van der Waals surface area (Å²) in [4.78, 5) is 0.203. The minimum Gasteiger partial charge on any atom is -0.496 e. The van der Waals surface area contributed by atoms with Crippen LogP contribution in [0.15, 0.2) is 71.6 Å². The smallest absolute Gasteiger partial charge is 0.264 e. The fourth-order valence-electron chi connectivity index (χ4n) is 3.49. The van der Waals surface area contributed by atoms with Gasteiger partial charge in [0.25, 0.3) is 10.0 Å². The topological polar surface area (TPSA) is 65.1 Å². The molecule has 0 heterocycles. The molecular weight excluding hydrogens is 414 g/mol. The maximum Gasteiger partial charge on any atom is 0.264 e. The summed E-state index contributed by atoms with van der Waals surface area (Å²) in [6.07, 6.45) is 0. The van der Waals surface area contributed by atoms with Gasteiger partial charge >= 0.3 is 0 Å². The van der Waals surface area contributed by atoms with Crippen LogP contribution in [0, 0.1) is 6.92 Å². The molecule has 0 aromatic heterocycles. The van der Waals surface area contributed by atoms with E-state index in [4.69, 9.17) is 14.2 Å². The third-order valence-corrected chi connectivity index (χ3v) is 7.05. The summed E-state index contributed by atoms with van der Waals surface area (Å²) in [6.45, 7) is 3.75. The van der Waals surface area contributed by atoms with Crippen molar-refractivity contribution < 1.29 is 22.6 Å². The summed E-state index contributed by atoms with van der Waals surface area (Å²) >= 11 is 0. The first kappa shape index (κ1) is 22.5. The van der Waals surface area contributed by atoms with Crippen LogP contribution in [0.4, 0.5) is 5.69 Å². The second kappa shape index (κ2) is 9.31. The van der Waals surface area contributed by atoms with E-state index in [9.17, 15) is 8.42 Å². The number of nitrogens with zero attached hydrogens (tertiary/aromatic N) is 1. The first-order valence-electron chi connectivity index (χ1n) is 9.79. The molecule has 7 heteroatoms. The van der Waals surface area contributed by atoms with Crippen molar-refractivity contribution in [1.82, 2.24) is 0 Å². The minimum atomic E-state index is -3.91. The fraction of sp³-hybridized carbons (Fsp3) is 0.250. The Hall–Kier alpha value is -3.19. The van der Waals surface area contributed by atoms with E-state index in [0.29, 0.717) is 22.9 Å². The van der Waals surface area contributed by atoms with Gasteiger partial charge in [-0.15, -0.1) is 0 Å². The molecule has 0 aliphatic carbocycles. The first-order valence-corrected chi connectivity index (χ1v) is 11.2. The molecule has 1 atom stereocenters. The number of para-hydroxylation sites is 1. The monoisotopic (exact) mass is 441 g/mol. The molecular formula is C24H27NO5S. The Balaban J connectivity index is 2.22. The molecule has 6 nitrogen and oxygen atoms in total. The molecule has 0 spiro atoms. The van der Waals surface area contributed by atoms with Crippen LogP contribution in [0.5, 0.6) is 17.2 Å². The summed E-state index contributed by atoms with van der Waals surface area (Å²) in [5, 5.41) is 0. The zero-order valence-corrected chi connectivity index (χ0v) is 19.1. The van der Waals surface area contributed by atoms with Gasteiger partial charge in [0.2, 0.25) is 0 Å². The summed E-state index contributed by atoms with van der Waals surface area (Å²) in [5.74, 6) is 1.57. The van der Waals surface area contributed by atoms with Gasteiger partial charge in [0.05, 0.1) is 38.0 Å². The Morgan fingerprint density at radius 2 is 1.39 bits per heavy atom. The summed E-state index contributed by atoms with van der Waals surface area (Å²) in [5.41, 5.74) is 2.18. The highest BCUT2D eigenvalue weighted by Crippen LogP contribution is 2.40. The molecule has 3 aromatic rings. The molecule has 0 bridgehead atoms. The highest BCUT2D eigenvalue weighted by molar-refractivity contribution is 7.92. The molecule has 0 fully saturated rings. The van der Waals surface area contributed by atoms with Crippen LogP contribution in [0.25, 0.3) is 0 Å². The molecule has 1 unspecified atom stereocenters. The molecule has 0 radical (unpaired) electrons. The van der Waals surface area contributed by atoms with E-state index < -0.39 is 16.1 Å². The SMILES string of the molecule is COc1ccc(N(C(C)c2ccccc2OC)S(=O)(=O)c2ccc(C)cc2)cc1OC. The zero-order chi connectivity index (χ0) is 22.6. The number of rotatable bonds is 8. The van der Waals surface area contributed by atoms with Crippen LogP contribution in [-0.4, -0.2) is 29.7 Å². The minimum absolute atomic E-state index is 0.203. The van der Waals surface area contributed by atoms with Gasteiger partial charge < -0.3 is 14.2 Å². The second-order valence-corrected chi connectivity index (χ2v) is 8.89. The molecule has 164 valence electrons. The quantitative estimate of drug-likeness (QED) is 0.493. The number of ether oxygens (including phenoxy) is 3. The largest absolute Gasteiger partial charge is 0.496 e. The van der Waals surface area contributed by atoms with Crippen molar-refractivity contribution in [3.8, 4) is 17.2 Å². The third kappa shape index (κ3) is 4.46. The lowest BCUT2D eigenvalue weighted by molar-refractivity contribution is 0.355. The van der Waals surface area contributed by atoms with Crippen molar-refractivity contribution in [3.05, 3.63) is 77.9 Å². The Morgan fingerprint density at radius 1 is 0.774 bits per heavy atom. The predicted molar refractivity (Wildman–Crippen MR) is 122 cm³/mol.